The van der Waals surface area contributed by atoms with Crippen molar-refractivity contribution in [1.29, 1.82) is 0 Å². The van der Waals surface area contributed by atoms with E-state index >= 15 is 0 Å². The van der Waals surface area contributed by atoms with Crippen LogP contribution in [0.3, 0.4) is 0 Å². The number of Topliss-reactive ketones (excluding diaryl/α,β-unsaturated/α-hetero) is 1. The van der Waals surface area contributed by atoms with Crippen LogP contribution < -0.4 is 4.74 Å². The number of carbonyl (C=O) groups is 1. The molecule has 1 aromatic carbocycles. The van der Waals surface area contributed by atoms with E-state index in [0.717, 1.165) is 15.6 Å². The first-order valence-electron chi connectivity index (χ1n) is 4.33. The van der Waals surface area contributed by atoms with Crippen molar-refractivity contribution in [2.24, 2.45) is 0 Å². The van der Waals surface area contributed by atoms with E-state index in [1.165, 1.54) is 0 Å². The van der Waals surface area contributed by atoms with E-state index in [4.69, 9.17) is 4.74 Å². The molecule has 0 fully saturated rings. The summed E-state index contributed by atoms with van der Waals surface area (Å²) in [7, 11) is 1.58. The molecule has 0 radical (unpaired) electrons. The molecular formula is C11H13BrO2. The topological polar surface area (TPSA) is 26.3 Å². The molecule has 0 saturated heterocycles. The van der Waals surface area contributed by atoms with Crippen LogP contribution >= 0.6 is 15.9 Å². The number of aryl methyl sites for hydroxylation is 1. The Morgan fingerprint density at radius 3 is 2.43 bits per heavy atom. The molecule has 76 valence electrons. The monoisotopic (exact) mass is 256 g/mol. The van der Waals surface area contributed by atoms with Gasteiger partial charge in [-0.1, -0.05) is 15.9 Å². The third-order valence-electron chi connectivity index (χ3n) is 2.22. The second-order valence-electron chi connectivity index (χ2n) is 3.26. The quantitative estimate of drug-likeness (QED) is 0.760. The minimum Gasteiger partial charge on any atom is -0.496 e. The number of hydrogen-bond acceptors (Lipinski definition) is 2. The number of carbonyl (C=O) groups excluding carboxylic acids is 1. The van der Waals surface area contributed by atoms with Gasteiger partial charge in [-0.15, -0.1) is 0 Å². The molecule has 0 atom stereocenters. The van der Waals surface area contributed by atoms with Crippen LogP contribution in [0.15, 0.2) is 10.5 Å². The lowest BCUT2D eigenvalue weighted by molar-refractivity contribution is 0.101. The lowest BCUT2D eigenvalue weighted by Gasteiger charge is -2.13. The Hall–Kier alpha value is -0.830. The summed E-state index contributed by atoms with van der Waals surface area (Å²) in [4.78, 5) is 11.4. The van der Waals surface area contributed by atoms with Crippen LogP contribution in [0.5, 0.6) is 5.75 Å². The van der Waals surface area contributed by atoms with Gasteiger partial charge in [-0.05, 0) is 32.4 Å². The lowest BCUT2D eigenvalue weighted by atomic mass is 10.0. The fourth-order valence-electron chi connectivity index (χ4n) is 1.54. The minimum atomic E-state index is 0.0370. The Morgan fingerprint density at radius 1 is 1.43 bits per heavy atom. The average Bonchev–Trinajstić information content (AvgIpc) is 2.09. The zero-order valence-electron chi connectivity index (χ0n) is 8.77. The van der Waals surface area contributed by atoms with Gasteiger partial charge < -0.3 is 4.74 Å². The number of ketones is 1. The molecule has 0 bridgehead atoms. The van der Waals surface area contributed by atoms with Gasteiger partial charge in [0.15, 0.2) is 5.78 Å². The van der Waals surface area contributed by atoms with Gasteiger partial charge in [-0.25, -0.2) is 0 Å². The molecule has 14 heavy (non-hydrogen) atoms. The van der Waals surface area contributed by atoms with E-state index in [1.54, 1.807) is 14.0 Å². The smallest absolute Gasteiger partial charge is 0.163 e. The summed E-state index contributed by atoms with van der Waals surface area (Å²) in [6, 6.07) is 1.94. The Kier molecular flexibility index (Phi) is 3.32. The highest BCUT2D eigenvalue weighted by molar-refractivity contribution is 9.10. The van der Waals surface area contributed by atoms with Gasteiger partial charge in [0.1, 0.15) is 5.75 Å². The second kappa shape index (κ2) is 4.13. The Labute approximate surface area is 92.4 Å². The zero-order valence-corrected chi connectivity index (χ0v) is 10.4. The third kappa shape index (κ3) is 1.82. The summed E-state index contributed by atoms with van der Waals surface area (Å²) in [5, 5.41) is 0. The molecule has 1 aromatic rings. The van der Waals surface area contributed by atoms with Gasteiger partial charge in [0.05, 0.1) is 12.7 Å². The number of methoxy groups -OCH3 is 1. The fourth-order valence-corrected chi connectivity index (χ4v) is 2.06. The van der Waals surface area contributed by atoms with Gasteiger partial charge in [0, 0.05) is 10.0 Å². The summed E-state index contributed by atoms with van der Waals surface area (Å²) in [5.41, 5.74) is 2.57. The molecule has 0 N–H and O–H groups in total. The summed E-state index contributed by atoms with van der Waals surface area (Å²) in [5.74, 6) is 0.708. The van der Waals surface area contributed by atoms with E-state index in [-0.39, 0.29) is 5.78 Å². The highest BCUT2D eigenvalue weighted by Crippen LogP contribution is 2.32. The van der Waals surface area contributed by atoms with E-state index in [9.17, 15) is 4.79 Å². The highest BCUT2D eigenvalue weighted by Gasteiger charge is 2.15. The first-order valence-corrected chi connectivity index (χ1v) is 5.13. The van der Waals surface area contributed by atoms with Crippen LogP contribution in [0.25, 0.3) is 0 Å². The molecule has 0 aliphatic carbocycles. The standard InChI is InChI=1S/C11H13BrO2/c1-6-5-9(12)7(2)11(14-4)10(6)8(3)13/h5H,1-4H3. The summed E-state index contributed by atoms with van der Waals surface area (Å²) in [6.45, 7) is 5.39. The molecule has 0 aromatic heterocycles. The molecule has 2 nitrogen and oxygen atoms in total. The lowest BCUT2D eigenvalue weighted by Crippen LogP contribution is -2.03. The molecule has 3 heteroatoms. The SMILES string of the molecule is COc1c(C)c(Br)cc(C)c1C(C)=O. The maximum atomic E-state index is 11.4. The fraction of sp³-hybridized carbons (Fsp3) is 0.364. The van der Waals surface area contributed by atoms with Crippen LogP contribution in [0.2, 0.25) is 0 Å². The molecule has 0 saturated carbocycles. The van der Waals surface area contributed by atoms with Gasteiger partial charge in [0.2, 0.25) is 0 Å². The Morgan fingerprint density at radius 2 is 2.00 bits per heavy atom. The number of halogens is 1. The van der Waals surface area contributed by atoms with Crippen molar-refractivity contribution in [2.75, 3.05) is 7.11 Å². The van der Waals surface area contributed by atoms with Crippen molar-refractivity contribution < 1.29 is 9.53 Å². The second-order valence-corrected chi connectivity index (χ2v) is 4.12. The summed E-state index contributed by atoms with van der Waals surface area (Å²) in [6.07, 6.45) is 0. The Balaban J connectivity index is 3.55. The van der Waals surface area contributed by atoms with E-state index < -0.39 is 0 Å². The first-order chi connectivity index (χ1) is 6.49. The van der Waals surface area contributed by atoms with Gasteiger partial charge in [-0.2, -0.15) is 0 Å². The Bertz CT molecular complexity index is 383. The first kappa shape index (κ1) is 11.2. The van der Waals surface area contributed by atoms with Crippen LogP contribution in [-0.2, 0) is 0 Å². The van der Waals surface area contributed by atoms with Crippen LogP contribution in [0, 0.1) is 13.8 Å². The van der Waals surface area contributed by atoms with Crippen molar-refractivity contribution in [2.45, 2.75) is 20.8 Å². The number of hydrogen-bond donors (Lipinski definition) is 0. The highest BCUT2D eigenvalue weighted by atomic mass is 79.9. The number of ether oxygens (including phenoxy) is 1. The maximum absolute atomic E-state index is 11.4. The predicted octanol–water partition coefficient (Wildman–Crippen LogP) is 3.28. The van der Waals surface area contributed by atoms with Crippen LogP contribution in [0.1, 0.15) is 28.4 Å². The molecular weight excluding hydrogens is 244 g/mol. The van der Waals surface area contributed by atoms with Crippen LogP contribution in [0.4, 0.5) is 0 Å². The van der Waals surface area contributed by atoms with E-state index in [1.807, 2.05) is 19.9 Å². The van der Waals surface area contributed by atoms with E-state index in [2.05, 4.69) is 15.9 Å². The van der Waals surface area contributed by atoms with Crippen molar-refractivity contribution in [1.82, 2.24) is 0 Å². The maximum Gasteiger partial charge on any atom is 0.163 e. The minimum absolute atomic E-state index is 0.0370. The molecule has 0 unspecified atom stereocenters. The molecule has 0 aliphatic heterocycles. The van der Waals surface area contributed by atoms with E-state index in [0.29, 0.717) is 11.3 Å². The number of benzene rings is 1. The molecule has 1 rings (SSSR count). The zero-order chi connectivity index (χ0) is 10.9. The normalized spacial score (nSPS) is 10.1. The van der Waals surface area contributed by atoms with Crippen molar-refractivity contribution in [3.8, 4) is 5.75 Å². The summed E-state index contributed by atoms with van der Waals surface area (Å²) < 4.78 is 6.22. The van der Waals surface area contributed by atoms with Crippen molar-refractivity contribution in [3.63, 3.8) is 0 Å². The van der Waals surface area contributed by atoms with Gasteiger partial charge in [0.25, 0.3) is 0 Å². The molecule has 0 amide bonds. The average molecular weight is 257 g/mol. The number of rotatable bonds is 2. The largest absolute Gasteiger partial charge is 0.496 e. The van der Waals surface area contributed by atoms with Crippen molar-refractivity contribution in [3.05, 3.63) is 27.2 Å². The third-order valence-corrected chi connectivity index (χ3v) is 3.04. The molecule has 0 spiro atoms. The van der Waals surface area contributed by atoms with Gasteiger partial charge in [-0.3, -0.25) is 4.79 Å². The van der Waals surface area contributed by atoms with Crippen molar-refractivity contribution >= 4 is 21.7 Å². The van der Waals surface area contributed by atoms with Crippen LogP contribution in [-0.4, -0.2) is 12.9 Å². The predicted molar refractivity (Wildman–Crippen MR) is 60.2 cm³/mol. The summed E-state index contributed by atoms with van der Waals surface area (Å²) >= 11 is 3.43. The van der Waals surface area contributed by atoms with Gasteiger partial charge >= 0.3 is 0 Å². The molecule has 0 heterocycles. The molecule has 0 aliphatic rings.